The van der Waals surface area contributed by atoms with E-state index in [1.165, 1.54) is 54.7 Å². The standard InChI is InChI=1S/C24H39N3O2Si/c1-30(2,3)14-13-29-18-27-22(19-7-5-4-6-8-19)15-20-17-25-24(16-23(20)27)26-21-9-11-28-12-10-21/h15-17,19,21H,4-14,18H2,1-3H3,(H,25,26). The predicted molar refractivity (Wildman–Crippen MR) is 127 cm³/mol. The van der Waals surface area contributed by atoms with Crippen molar-refractivity contribution in [3.05, 3.63) is 24.0 Å². The largest absolute Gasteiger partial charge is 0.381 e. The zero-order valence-corrected chi connectivity index (χ0v) is 20.1. The summed E-state index contributed by atoms with van der Waals surface area (Å²) in [6, 6.07) is 6.28. The summed E-state index contributed by atoms with van der Waals surface area (Å²) in [6.45, 7) is 10.4. The Bertz CT molecular complexity index is 818. The maximum Gasteiger partial charge on any atom is 0.128 e. The van der Waals surface area contributed by atoms with E-state index in [2.05, 4.69) is 41.7 Å². The second-order valence-corrected chi connectivity index (χ2v) is 16.0. The first-order chi connectivity index (χ1) is 14.5. The third-order valence-corrected chi connectivity index (χ3v) is 8.34. The zero-order valence-electron chi connectivity index (χ0n) is 19.1. The Morgan fingerprint density at radius 2 is 1.87 bits per heavy atom. The van der Waals surface area contributed by atoms with Crippen LogP contribution in [0.5, 0.6) is 0 Å². The van der Waals surface area contributed by atoms with Crippen LogP contribution in [0.4, 0.5) is 5.82 Å². The summed E-state index contributed by atoms with van der Waals surface area (Å²) in [5.41, 5.74) is 2.70. The minimum absolute atomic E-state index is 0.456. The number of pyridine rings is 1. The maximum atomic E-state index is 6.22. The first-order valence-corrected chi connectivity index (χ1v) is 15.6. The lowest BCUT2D eigenvalue weighted by molar-refractivity contribution is 0.0872. The molecule has 1 aliphatic heterocycles. The number of rotatable bonds is 8. The van der Waals surface area contributed by atoms with E-state index in [1.54, 1.807) is 0 Å². The van der Waals surface area contributed by atoms with Gasteiger partial charge in [0.15, 0.2) is 0 Å². The van der Waals surface area contributed by atoms with Gasteiger partial charge in [-0.2, -0.15) is 0 Å². The van der Waals surface area contributed by atoms with Crippen molar-refractivity contribution in [1.82, 2.24) is 9.55 Å². The molecule has 0 unspecified atom stereocenters. The molecule has 30 heavy (non-hydrogen) atoms. The number of nitrogens with one attached hydrogen (secondary N) is 1. The van der Waals surface area contributed by atoms with Gasteiger partial charge in [0.2, 0.25) is 0 Å². The first kappa shape index (κ1) is 21.8. The molecule has 4 rings (SSSR count). The van der Waals surface area contributed by atoms with Gasteiger partial charge in [-0.15, -0.1) is 0 Å². The highest BCUT2D eigenvalue weighted by Gasteiger charge is 2.22. The minimum Gasteiger partial charge on any atom is -0.381 e. The molecule has 0 aromatic carbocycles. The van der Waals surface area contributed by atoms with Crippen molar-refractivity contribution in [3.8, 4) is 0 Å². The van der Waals surface area contributed by atoms with E-state index in [4.69, 9.17) is 14.5 Å². The summed E-state index contributed by atoms with van der Waals surface area (Å²) in [5.74, 6) is 1.63. The number of aromatic nitrogens is 2. The number of nitrogens with zero attached hydrogens (tertiary/aromatic N) is 2. The van der Waals surface area contributed by atoms with Gasteiger partial charge in [-0.25, -0.2) is 4.98 Å². The van der Waals surface area contributed by atoms with Crippen LogP contribution in [0.3, 0.4) is 0 Å². The molecule has 1 saturated heterocycles. The number of anilines is 1. The van der Waals surface area contributed by atoms with Gasteiger partial charge in [-0.3, -0.25) is 0 Å². The van der Waals surface area contributed by atoms with Crippen LogP contribution in [0.2, 0.25) is 25.7 Å². The molecule has 2 fully saturated rings. The van der Waals surface area contributed by atoms with Crippen molar-refractivity contribution in [3.63, 3.8) is 0 Å². The van der Waals surface area contributed by atoms with Crippen LogP contribution >= 0.6 is 0 Å². The summed E-state index contributed by atoms with van der Waals surface area (Å²) >= 11 is 0. The molecule has 0 spiro atoms. The van der Waals surface area contributed by atoms with Crippen LogP contribution in [0, 0.1) is 0 Å². The Labute approximate surface area is 182 Å². The average molecular weight is 430 g/mol. The number of fused-ring (bicyclic) bond motifs is 1. The Morgan fingerprint density at radius 3 is 2.60 bits per heavy atom. The summed E-state index contributed by atoms with van der Waals surface area (Å²) in [5, 5.41) is 4.87. The van der Waals surface area contributed by atoms with E-state index >= 15 is 0 Å². The van der Waals surface area contributed by atoms with Crippen molar-refractivity contribution < 1.29 is 9.47 Å². The first-order valence-electron chi connectivity index (χ1n) is 11.9. The molecule has 0 amide bonds. The molecule has 0 radical (unpaired) electrons. The maximum absolute atomic E-state index is 6.22. The van der Waals surface area contributed by atoms with Gasteiger partial charge in [-0.1, -0.05) is 38.9 Å². The normalized spacial score (nSPS) is 19.4. The van der Waals surface area contributed by atoms with Gasteiger partial charge in [0.25, 0.3) is 0 Å². The fourth-order valence-electron chi connectivity index (χ4n) is 4.72. The average Bonchev–Trinajstić information content (AvgIpc) is 3.10. The summed E-state index contributed by atoms with van der Waals surface area (Å²) in [4.78, 5) is 4.73. The van der Waals surface area contributed by atoms with Gasteiger partial charge in [0.1, 0.15) is 12.5 Å². The van der Waals surface area contributed by atoms with Crippen molar-refractivity contribution in [2.75, 3.05) is 25.1 Å². The Balaban J connectivity index is 1.56. The predicted octanol–water partition coefficient (Wildman–Crippen LogP) is 5.99. The molecule has 166 valence electrons. The SMILES string of the molecule is C[Si](C)(C)CCOCn1c(C2CCCCC2)cc2cnc(NC3CCOCC3)cc21. The molecule has 3 heterocycles. The molecule has 0 bridgehead atoms. The minimum atomic E-state index is -1.08. The Kier molecular flexibility index (Phi) is 7.16. The molecule has 1 aliphatic carbocycles. The van der Waals surface area contributed by atoms with Crippen LogP contribution in [0.25, 0.3) is 10.9 Å². The topological polar surface area (TPSA) is 48.3 Å². The van der Waals surface area contributed by atoms with E-state index in [0.717, 1.165) is 38.5 Å². The second-order valence-electron chi connectivity index (χ2n) is 10.3. The lowest BCUT2D eigenvalue weighted by Crippen LogP contribution is -2.28. The summed E-state index contributed by atoms with van der Waals surface area (Å²) in [6.07, 6.45) is 10.8. The van der Waals surface area contributed by atoms with E-state index in [-0.39, 0.29) is 0 Å². The van der Waals surface area contributed by atoms with Crippen LogP contribution in [-0.4, -0.2) is 43.5 Å². The highest BCUT2D eigenvalue weighted by atomic mass is 28.3. The monoisotopic (exact) mass is 429 g/mol. The molecule has 2 aliphatic rings. The van der Waals surface area contributed by atoms with Crippen LogP contribution in [-0.2, 0) is 16.2 Å². The lowest BCUT2D eigenvalue weighted by atomic mass is 9.87. The van der Waals surface area contributed by atoms with Crippen LogP contribution in [0.1, 0.15) is 56.6 Å². The Hall–Kier alpha value is -1.37. The number of hydrogen-bond acceptors (Lipinski definition) is 4. The fraction of sp³-hybridized carbons (Fsp3) is 0.708. The van der Waals surface area contributed by atoms with Crippen LogP contribution in [0.15, 0.2) is 18.3 Å². The molecule has 2 aromatic rings. The van der Waals surface area contributed by atoms with Gasteiger partial charge < -0.3 is 19.4 Å². The zero-order chi connectivity index (χ0) is 21.0. The molecule has 2 aromatic heterocycles. The van der Waals surface area contributed by atoms with Gasteiger partial charge in [0, 0.05) is 57.3 Å². The van der Waals surface area contributed by atoms with Crippen molar-refractivity contribution in [1.29, 1.82) is 0 Å². The number of ether oxygens (including phenoxy) is 2. The lowest BCUT2D eigenvalue weighted by Gasteiger charge is -2.24. The van der Waals surface area contributed by atoms with Gasteiger partial charge in [0.05, 0.1) is 5.52 Å². The fourth-order valence-corrected chi connectivity index (χ4v) is 5.48. The second kappa shape index (κ2) is 9.84. The van der Waals surface area contributed by atoms with Crippen molar-refractivity contribution in [2.24, 2.45) is 0 Å². The molecule has 0 atom stereocenters. The van der Waals surface area contributed by atoms with Crippen molar-refractivity contribution >= 4 is 24.8 Å². The van der Waals surface area contributed by atoms with Crippen LogP contribution < -0.4 is 5.32 Å². The van der Waals surface area contributed by atoms with Gasteiger partial charge >= 0.3 is 0 Å². The quantitative estimate of drug-likeness (QED) is 0.414. The number of hydrogen-bond donors (Lipinski definition) is 1. The third kappa shape index (κ3) is 5.65. The summed E-state index contributed by atoms with van der Waals surface area (Å²) in [7, 11) is -1.08. The van der Waals surface area contributed by atoms with E-state index < -0.39 is 8.07 Å². The molecule has 5 nitrogen and oxygen atoms in total. The van der Waals surface area contributed by atoms with E-state index in [1.807, 2.05) is 6.20 Å². The molecule has 1 N–H and O–H groups in total. The molecule has 1 saturated carbocycles. The van der Waals surface area contributed by atoms with Gasteiger partial charge in [-0.05, 0) is 43.7 Å². The molecular formula is C24H39N3O2Si. The van der Waals surface area contributed by atoms with Crippen molar-refractivity contribution in [2.45, 2.75) is 89.3 Å². The molecule has 6 heteroatoms. The van der Waals surface area contributed by atoms with E-state index in [0.29, 0.717) is 18.7 Å². The summed E-state index contributed by atoms with van der Waals surface area (Å²) < 4.78 is 14.2. The highest BCUT2D eigenvalue weighted by Crippen LogP contribution is 2.36. The highest BCUT2D eigenvalue weighted by molar-refractivity contribution is 6.76. The Morgan fingerprint density at radius 1 is 1.10 bits per heavy atom. The smallest absolute Gasteiger partial charge is 0.128 e. The third-order valence-electron chi connectivity index (χ3n) is 6.63. The molecular weight excluding hydrogens is 390 g/mol. The van der Waals surface area contributed by atoms with E-state index in [9.17, 15) is 0 Å².